The molecule has 56 valence electrons. The number of rotatable bonds is 1. The van der Waals surface area contributed by atoms with Crippen LogP contribution in [0.15, 0.2) is 12.2 Å². The van der Waals surface area contributed by atoms with E-state index in [9.17, 15) is 4.79 Å². The minimum absolute atomic E-state index is 0.0618. The number of carbonyl (C=O) groups excluding carboxylic acids is 1. The lowest BCUT2D eigenvalue weighted by Crippen LogP contribution is -2.48. The highest BCUT2D eigenvalue weighted by Gasteiger charge is 2.14. The van der Waals surface area contributed by atoms with E-state index >= 15 is 0 Å². The fraction of sp³-hybridized carbons (Fsp3) is 0.500. The summed E-state index contributed by atoms with van der Waals surface area (Å²) >= 11 is 0. The van der Waals surface area contributed by atoms with Crippen LogP contribution in [0.5, 0.6) is 0 Å². The summed E-state index contributed by atoms with van der Waals surface area (Å²) in [6, 6.07) is 0. The van der Waals surface area contributed by atoms with E-state index in [-0.39, 0.29) is 12.1 Å². The molecule has 1 heterocycles. The standard InChI is InChI=1S/C6H10N2O2/c1-8-6(9)4-3-5(7-8)10-2/h3-5,7H,1-2H3. The molecule has 1 amide bonds. The Morgan fingerprint density at radius 2 is 2.50 bits per heavy atom. The number of ether oxygens (including phenoxy) is 1. The Morgan fingerprint density at radius 1 is 1.80 bits per heavy atom. The first-order valence-corrected chi connectivity index (χ1v) is 2.99. The number of hydrogen-bond acceptors (Lipinski definition) is 3. The van der Waals surface area contributed by atoms with Crippen molar-refractivity contribution < 1.29 is 9.53 Å². The molecule has 1 rings (SSSR count). The van der Waals surface area contributed by atoms with E-state index in [4.69, 9.17) is 4.74 Å². The molecular formula is C6H10N2O2. The Labute approximate surface area is 59.4 Å². The van der Waals surface area contributed by atoms with Gasteiger partial charge in [-0.3, -0.25) is 9.80 Å². The van der Waals surface area contributed by atoms with Crippen LogP contribution in [-0.2, 0) is 9.53 Å². The first-order valence-electron chi connectivity index (χ1n) is 2.99. The van der Waals surface area contributed by atoms with Gasteiger partial charge < -0.3 is 4.74 Å². The predicted octanol–water partition coefficient (Wildman–Crippen LogP) is -0.508. The van der Waals surface area contributed by atoms with Crippen molar-refractivity contribution in [1.82, 2.24) is 10.4 Å². The molecule has 0 aromatic carbocycles. The van der Waals surface area contributed by atoms with E-state index in [1.54, 1.807) is 20.2 Å². The minimum Gasteiger partial charge on any atom is -0.361 e. The molecule has 0 fully saturated rings. The van der Waals surface area contributed by atoms with Gasteiger partial charge in [0.2, 0.25) is 0 Å². The van der Waals surface area contributed by atoms with E-state index in [1.165, 1.54) is 11.1 Å². The molecule has 1 aliphatic heterocycles. The van der Waals surface area contributed by atoms with Gasteiger partial charge in [-0.15, -0.1) is 0 Å². The lowest BCUT2D eigenvalue weighted by atomic mass is 10.4. The van der Waals surface area contributed by atoms with E-state index < -0.39 is 0 Å². The fourth-order valence-corrected chi connectivity index (χ4v) is 0.710. The molecule has 1 N–H and O–H groups in total. The Hall–Kier alpha value is -0.870. The van der Waals surface area contributed by atoms with Gasteiger partial charge >= 0.3 is 0 Å². The van der Waals surface area contributed by atoms with Crippen molar-refractivity contribution in [3.8, 4) is 0 Å². The smallest absolute Gasteiger partial charge is 0.260 e. The van der Waals surface area contributed by atoms with Crippen LogP contribution in [0.1, 0.15) is 0 Å². The van der Waals surface area contributed by atoms with Crippen molar-refractivity contribution in [3.63, 3.8) is 0 Å². The van der Waals surface area contributed by atoms with E-state index in [0.717, 1.165) is 0 Å². The van der Waals surface area contributed by atoms with Gasteiger partial charge in [0.15, 0.2) is 0 Å². The third-order valence-corrected chi connectivity index (χ3v) is 1.32. The highest BCUT2D eigenvalue weighted by molar-refractivity contribution is 5.87. The van der Waals surface area contributed by atoms with E-state index in [0.29, 0.717) is 0 Å². The second-order valence-corrected chi connectivity index (χ2v) is 2.04. The third kappa shape index (κ3) is 1.34. The maximum Gasteiger partial charge on any atom is 0.260 e. The van der Waals surface area contributed by atoms with Gasteiger partial charge in [0, 0.05) is 20.2 Å². The van der Waals surface area contributed by atoms with Gasteiger partial charge in [-0.1, -0.05) is 0 Å². The Bertz CT molecular complexity index is 167. The third-order valence-electron chi connectivity index (χ3n) is 1.32. The Kier molecular flexibility index (Phi) is 2.03. The summed E-state index contributed by atoms with van der Waals surface area (Å²) < 4.78 is 4.92. The monoisotopic (exact) mass is 142 g/mol. The maximum atomic E-state index is 10.8. The van der Waals surface area contributed by atoms with Crippen molar-refractivity contribution in [2.24, 2.45) is 0 Å². The summed E-state index contributed by atoms with van der Waals surface area (Å²) in [7, 11) is 3.23. The summed E-state index contributed by atoms with van der Waals surface area (Å²) in [6.07, 6.45) is 2.97. The van der Waals surface area contributed by atoms with Crippen molar-refractivity contribution in [1.29, 1.82) is 0 Å². The first-order chi connectivity index (χ1) is 4.74. The molecule has 0 radical (unpaired) electrons. The maximum absolute atomic E-state index is 10.8. The molecule has 0 bridgehead atoms. The fourth-order valence-electron chi connectivity index (χ4n) is 0.710. The molecular weight excluding hydrogens is 132 g/mol. The van der Waals surface area contributed by atoms with Gasteiger partial charge in [0.1, 0.15) is 6.23 Å². The van der Waals surface area contributed by atoms with Crippen LogP contribution in [0.3, 0.4) is 0 Å². The second-order valence-electron chi connectivity index (χ2n) is 2.04. The zero-order valence-corrected chi connectivity index (χ0v) is 6.00. The highest BCUT2D eigenvalue weighted by atomic mass is 16.5. The predicted molar refractivity (Wildman–Crippen MR) is 35.8 cm³/mol. The molecule has 0 aromatic heterocycles. The molecule has 4 heteroatoms. The summed E-state index contributed by atoms with van der Waals surface area (Å²) in [6.45, 7) is 0. The van der Waals surface area contributed by atoms with Crippen molar-refractivity contribution >= 4 is 5.91 Å². The summed E-state index contributed by atoms with van der Waals surface area (Å²) in [5.74, 6) is -0.0618. The zero-order valence-electron chi connectivity index (χ0n) is 6.00. The quantitative estimate of drug-likeness (QED) is 0.536. The summed E-state index contributed by atoms with van der Waals surface area (Å²) in [4.78, 5) is 10.8. The summed E-state index contributed by atoms with van der Waals surface area (Å²) in [5, 5.41) is 1.38. The number of hydrazine groups is 1. The van der Waals surface area contributed by atoms with Crippen LogP contribution in [-0.4, -0.2) is 31.3 Å². The van der Waals surface area contributed by atoms with Crippen molar-refractivity contribution in [3.05, 3.63) is 12.2 Å². The Morgan fingerprint density at radius 3 is 3.00 bits per heavy atom. The largest absolute Gasteiger partial charge is 0.361 e. The van der Waals surface area contributed by atoms with Crippen LogP contribution in [0.2, 0.25) is 0 Å². The number of nitrogens with one attached hydrogen (secondary N) is 1. The van der Waals surface area contributed by atoms with Gasteiger partial charge in [-0.2, -0.15) is 0 Å². The molecule has 0 aliphatic carbocycles. The molecule has 0 spiro atoms. The van der Waals surface area contributed by atoms with Crippen LogP contribution in [0.25, 0.3) is 0 Å². The van der Waals surface area contributed by atoms with Crippen LogP contribution in [0, 0.1) is 0 Å². The Balaban J connectivity index is 2.59. The molecule has 0 aromatic rings. The lowest BCUT2D eigenvalue weighted by molar-refractivity contribution is -0.131. The summed E-state index contributed by atoms with van der Waals surface area (Å²) in [5.41, 5.74) is 2.79. The van der Waals surface area contributed by atoms with Gasteiger partial charge in [-0.25, -0.2) is 5.43 Å². The van der Waals surface area contributed by atoms with Crippen molar-refractivity contribution in [2.45, 2.75) is 6.23 Å². The lowest BCUT2D eigenvalue weighted by Gasteiger charge is -2.25. The highest BCUT2D eigenvalue weighted by Crippen LogP contribution is 1.97. The normalized spacial score (nSPS) is 25.6. The number of methoxy groups -OCH3 is 1. The van der Waals surface area contributed by atoms with Gasteiger partial charge in [-0.05, 0) is 6.08 Å². The molecule has 1 unspecified atom stereocenters. The number of hydrogen-bond donors (Lipinski definition) is 1. The van der Waals surface area contributed by atoms with E-state index in [2.05, 4.69) is 5.43 Å². The molecule has 4 nitrogen and oxygen atoms in total. The van der Waals surface area contributed by atoms with Gasteiger partial charge in [0.05, 0.1) is 0 Å². The van der Waals surface area contributed by atoms with E-state index in [1.807, 2.05) is 0 Å². The average Bonchev–Trinajstić information content (AvgIpc) is 1.95. The molecule has 10 heavy (non-hydrogen) atoms. The number of likely N-dealkylation sites (N-methyl/N-ethyl adjacent to an activating group) is 1. The van der Waals surface area contributed by atoms with Gasteiger partial charge in [0.25, 0.3) is 5.91 Å². The molecule has 0 saturated carbocycles. The van der Waals surface area contributed by atoms with Crippen LogP contribution >= 0.6 is 0 Å². The van der Waals surface area contributed by atoms with Crippen LogP contribution in [0.4, 0.5) is 0 Å². The SMILES string of the molecule is COC1C=CC(=O)N(C)N1. The number of nitrogens with zero attached hydrogens (tertiary/aromatic N) is 1. The first kappa shape index (κ1) is 7.24. The molecule has 0 saturated heterocycles. The molecule has 1 aliphatic rings. The average molecular weight is 142 g/mol. The van der Waals surface area contributed by atoms with Crippen molar-refractivity contribution in [2.75, 3.05) is 14.2 Å². The molecule has 1 atom stereocenters. The second kappa shape index (κ2) is 2.81. The topological polar surface area (TPSA) is 41.6 Å². The minimum atomic E-state index is -0.178. The number of amides is 1. The number of carbonyl (C=O) groups is 1. The zero-order chi connectivity index (χ0) is 7.56. The van der Waals surface area contributed by atoms with Crippen LogP contribution < -0.4 is 5.43 Å².